The van der Waals surface area contributed by atoms with E-state index in [1.54, 1.807) is 0 Å². The van der Waals surface area contributed by atoms with Gasteiger partial charge in [0.1, 0.15) is 0 Å². The van der Waals surface area contributed by atoms with Crippen molar-refractivity contribution in [3.05, 3.63) is 0 Å². The summed E-state index contributed by atoms with van der Waals surface area (Å²) in [6.45, 7) is 16.5. The standard InChI is InChI=1S/C15H31N3O/c1-12(2)14(5)15(19)18-10-8-17(9-11-18)7-6-16-13(3)4/h12-14,16H,6-11H2,1-5H3. The van der Waals surface area contributed by atoms with Gasteiger partial charge in [-0.05, 0) is 5.92 Å². The maximum atomic E-state index is 12.2. The summed E-state index contributed by atoms with van der Waals surface area (Å²) in [5, 5.41) is 3.44. The third-order valence-corrected chi connectivity index (χ3v) is 4.05. The van der Waals surface area contributed by atoms with E-state index >= 15 is 0 Å². The number of hydrogen-bond acceptors (Lipinski definition) is 3. The van der Waals surface area contributed by atoms with Crippen LogP contribution in [0.25, 0.3) is 0 Å². The first kappa shape index (κ1) is 16.4. The molecule has 0 bridgehead atoms. The molecule has 0 saturated carbocycles. The van der Waals surface area contributed by atoms with Gasteiger partial charge in [-0.2, -0.15) is 0 Å². The molecule has 4 heteroatoms. The number of nitrogens with zero attached hydrogens (tertiary/aromatic N) is 2. The highest BCUT2D eigenvalue weighted by Gasteiger charge is 2.26. The van der Waals surface area contributed by atoms with E-state index in [0.29, 0.717) is 17.9 Å². The maximum Gasteiger partial charge on any atom is 0.225 e. The monoisotopic (exact) mass is 269 g/mol. The Kier molecular flexibility index (Phi) is 6.80. The summed E-state index contributed by atoms with van der Waals surface area (Å²) in [6, 6.07) is 0.551. The second kappa shape index (κ2) is 7.85. The molecule has 1 unspecified atom stereocenters. The fourth-order valence-electron chi connectivity index (χ4n) is 2.28. The summed E-state index contributed by atoms with van der Waals surface area (Å²) in [4.78, 5) is 16.7. The lowest BCUT2D eigenvalue weighted by Gasteiger charge is -2.36. The van der Waals surface area contributed by atoms with E-state index < -0.39 is 0 Å². The molecule has 0 aromatic rings. The molecule has 1 heterocycles. The van der Waals surface area contributed by atoms with Crippen LogP contribution in [-0.2, 0) is 4.79 Å². The highest BCUT2D eigenvalue weighted by molar-refractivity contribution is 5.78. The molecule has 0 spiro atoms. The molecular weight excluding hydrogens is 238 g/mol. The second-order valence-corrected chi connectivity index (χ2v) is 6.31. The Morgan fingerprint density at radius 3 is 2.11 bits per heavy atom. The van der Waals surface area contributed by atoms with E-state index in [1.165, 1.54) is 0 Å². The lowest BCUT2D eigenvalue weighted by Crippen LogP contribution is -2.51. The Morgan fingerprint density at radius 2 is 1.63 bits per heavy atom. The van der Waals surface area contributed by atoms with Gasteiger partial charge in [0.15, 0.2) is 0 Å². The van der Waals surface area contributed by atoms with Crippen LogP contribution in [0.3, 0.4) is 0 Å². The fourth-order valence-corrected chi connectivity index (χ4v) is 2.28. The molecule has 1 saturated heterocycles. The van der Waals surface area contributed by atoms with Crippen LogP contribution in [-0.4, -0.2) is 61.0 Å². The zero-order valence-electron chi connectivity index (χ0n) is 13.3. The van der Waals surface area contributed by atoms with Gasteiger partial charge < -0.3 is 10.2 Å². The topological polar surface area (TPSA) is 35.6 Å². The molecule has 1 aliphatic rings. The average molecular weight is 269 g/mol. The van der Waals surface area contributed by atoms with Crippen molar-refractivity contribution in [2.24, 2.45) is 11.8 Å². The minimum absolute atomic E-state index is 0.147. The molecule has 1 fully saturated rings. The van der Waals surface area contributed by atoms with E-state index in [0.717, 1.165) is 39.3 Å². The van der Waals surface area contributed by atoms with Gasteiger partial charge in [-0.25, -0.2) is 0 Å². The molecule has 1 N–H and O–H groups in total. The van der Waals surface area contributed by atoms with Crippen molar-refractivity contribution in [2.45, 2.75) is 40.7 Å². The molecule has 1 amide bonds. The van der Waals surface area contributed by atoms with Gasteiger partial charge in [-0.1, -0.05) is 34.6 Å². The molecule has 1 atom stereocenters. The van der Waals surface area contributed by atoms with Crippen LogP contribution < -0.4 is 5.32 Å². The SMILES string of the molecule is CC(C)NCCN1CCN(C(=O)C(C)C(C)C)CC1. The van der Waals surface area contributed by atoms with Crippen molar-refractivity contribution in [1.29, 1.82) is 0 Å². The summed E-state index contributed by atoms with van der Waals surface area (Å²) >= 11 is 0. The smallest absolute Gasteiger partial charge is 0.225 e. The van der Waals surface area contributed by atoms with Crippen molar-refractivity contribution < 1.29 is 4.79 Å². The molecule has 19 heavy (non-hydrogen) atoms. The van der Waals surface area contributed by atoms with E-state index in [2.05, 4.69) is 37.9 Å². The van der Waals surface area contributed by atoms with Crippen molar-refractivity contribution in [3.63, 3.8) is 0 Å². The van der Waals surface area contributed by atoms with Crippen molar-refractivity contribution >= 4 is 5.91 Å². The van der Waals surface area contributed by atoms with E-state index in [9.17, 15) is 4.79 Å². The summed E-state index contributed by atoms with van der Waals surface area (Å²) in [5.74, 6) is 0.907. The van der Waals surface area contributed by atoms with E-state index in [1.807, 2.05) is 11.8 Å². The third kappa shape index (κ3) is 5.49. The van der Waals surface area contributed by atoms with Crippen molar-refractivity contribution in [1.82, 2.24) is 15.1 Å². The van der Waals surface area contributed by atoms with E-state index in [4.69, 9.17) is 0 Å². The maximum absolute atomic E-state index is 12.2. The van der Waals surface area contributed by atoms with Crippen LogP contribution in [0.2, 0.25) is 0 Å². The molecule has 1 rings (SSSR count). The van der Waals surface area contributed by atoms with Crippen LogP contribution in [0.4, 0.5) is 0 Å². The van der Waals surface area contributed by atoms with Gasteiger partial charge in [0.05, 0.1) is 0 Å². The lowest BCUT2D eigenvalue weighted by molar-refractivity contribution is -0.138. The minimum Gasteiger partial charge on any atom is -0.340 e. The molecule has 0 aromatic carbocycles. The number of amides is 1. The first-order valence-electron chi connectivity index (χ1n) is 7.66. The normalized spacial score (nSPS) is 19.2. The molecule has 0 aromatic heterocycles. The first-order chi connectivity index (χ1) is 8.91. The molecular formula is C15H31N3O. The lowest BCUT2D eigenvalue weighted by atomic mass is 9.96. The number of piperazine rings is 1. The van der Waals surface area contributed by atoms with Crippen LogP contribution >= 0.6 is 0 Å². The van der Waals surface area contributed by atoms with Crippen molar-refractivity contribution in [2.75, 3.05) is 39.3 Å². The quantitative estimate of drug-likeness (QED) is 0.792. The van der Waals surface area contributed by atoms with Gasteiger partial charge in [0.2, 0.25) is 5.91 Å². The Bertz CT molecular complexity index is 271. The molecule has 112 valence electrons. The van der Waals surface area contributed by atoms with E-state index in [-0.39, 0.29) is 5.92 Å². The third-order valence-electron chi connectivity index (χ3n) is 4.05. The van der Waals surface area contributed by atoms with Crippen LogP contribution in [0.1, 0.15) is 34.6 Å². The zero-order chi connectivity index (χ0) is 14.4. The Balaban J connectivity index is 2.27. The highest BCUT2D eigenvalue weighted by atomic mass is 16.2. The predicted octanol–water partition coefficient (Wildman–Crippen LogP) is 1.42. The second-order valence-electron chi connectivity index (χ2n) is 6.31. The molecule has 1 aliphatic heterocycles. The Hall–Kier alpha value is -0.610. The minimum atomic E-state index is 0.147. The van der Waals surface area contributed by atoms with Crippen LogP contribution in [0.15, 0.2) is 0 Å². The number of rotatable bonds is 6. The largest absolute Gasteiger partial charge is 0.340 e. The summed E-state index contributed by atoms with van der Waals surface area (Å²) in [7, 11) is 0. The number of carbonyl (C=O) groups excluding carboxylic acids is 1. The van der Waals surface area contributed by atoms with Gasteiger partial charge >= 0.3 is 0 Å². The van der Waals surface area contributed by atoms with Crippen LogP contribution in [0, 0.1) is 11.8 Å². The highest BCUT2D eigenvalue weighted by Crippen LogP contribution is 2.14. The summed E-state index contributed by atoms with van der Waals surface area (Å²) in [6.07, 6.45) is 0. The van der Waals surface area contributed by atoms with Gasteiger partial charge in [-0.3, -0.25) is 9.69 Å². The van der Waals surface area contributed by atoms with Crippen molar-refractivity contribution in [3.8, 4) is 0 Å². The van der Waals surface area contributed by atoms with Gasteiger partial charge in [0.25, 0.3) is 0 Å². The number of carbonyl (C=O) groups is 1. The zero-order valence-corrected chi connectivity index (χ0v) is 13.3. The fraction of sp³-hybridized carbons (Fsp3) is 0.933. The van der Waals surface area contributed by atoms with Gasteiger partial charge in [0, 0.05) is 51.2 Å². The Morgan fingerprint density at radius 1 is 1.05 bits per heavy atom. The first-order valence-corrected chi connectivity index (χ1v) is 7.66. The van der Waals surface area contributed by atoms with Gasteiger partial charge in [-0.15, -0.1) is 0 Å². The number of hydrogen-bond donors (Lipinski definition) is 1. The molecule has 0 aliphatic carbocycles. The van der Waals surface area contributed by atoms with Crippen LogP contribution in [0.5, 0.6) is 0 Å². The molecule has 4 nitrogen and oxygen atoms in total. The summed E-state index contributed by atoms with van der Waals surface area (Å²) < 4.78 is 0. The predicted molar refractivity (Wildman–Crippen MR) is 80.2 cm³/mol. The molecule has 0 radical (unpaired) electrons. The average Bonchev–Trinajstić information content (AvgIpc) is 2.37. The Labute approximate surface area is 118 Å². The summed E-state index contributed by atoms with van der Waals surface area (Å²) in [5.41, 5.74) is 0. The number of nitrogens with one attached hydrogen (secondary N) is 1.